The number of rotatable bonds is 5. The van der Waals surface area contributed by atoms with E-state index in [-0.39, 0.29) is 5.91 Å². The number of aliphatic imine (C=N–C) groups is 1. The SMILES string of the molecule is COCCN1C(=O)C(=Cc2ccc(Br)s2)SC1=Nc1ccccc1. The number of hydrogen-bond donors (Lipinski definition) is 0. The summed E-state index contributed by atoms with van der Waals surface area (Å²) < 4.78 is 6.17. The Hall–Kier alpha value is -1.41. The monoisotopic (exact) mass is 422 g/mol. The zero-order valence-electron chi connectivity index (χ0n) is 12.9. The van der Waals surface area contributed by atoms with Crippen LogP contribution >= 0.6 is 39.0 Å². The van der Waals surface area contributed by atoms with Gasteiger partial charge in [0.1, 0.15) is 0 Å². The average molecular weight is 423 g/mol. The molecule has 4 nitrogen and oxygen atoms in total. The summed E-state index contributed by atoms with van der Waals surface area (Å²) in [4.78, 5) is 20.7. The molecule has 7 heteroatoms. The first kappa shape index (κ1) is 17.4. The Morgan fingerprint density at radius 1 is 1.25 bits per heavy atom. The van der Waals surface area contributed by atoms with Gasteiger partial charge in [-0.2, -0.15) is 0 Å². The highest BCUT2D eigenvalue weighted by atomic mass is 79.9. The molecule has 0 atom stereocenters. The van der Waals surface area contributed by atoms with Crippen molar-refractivity contribution >= 4 is 61.9 Å². The lowest BCUT2D eigenvalue weighted by Gasteiger charge is -2.14. The van der Waals surface area contributed by atoms with E-state index in [1.165, 1.54) is 11.8 Å². The van der Waals surface area contributed by atoms with E-state index < -0.39 is 0 Å². The van der Waals surface area contributed by atoms with Gasteiger partial charge in [-0.3, -0.25) is 9.69 Å². The highest BCUT2D eigenvalue weighted by molar-refractivity contribution is 9.11. The maximum Gasteiger partial charge on any atom is 0.266 e. The number of nitrogens with zero attached hydrogens (tertiary/aromatic N) is 2. The number of carbonyl (C=O) groups excluding carboxylic acids is 1. The molecule has 0 unspecified atom stereocenters. The number of thiophene rings is 1. The Labute approximate surface area is 157 Å². The van der Waals surface area contributed by atoms with Gasteiger partial charge in [-0.05, 0) is 58.0 Å². The van der Waals surface area contributed by atoms with Crippen LogP contribution in [-0.2, 0) is 9.53 Å². The minimum atomic E-state index is -0.0312. The molecule has 124 valence electrons. The molecule has 0 N–H and O–H groups in total. The molecule has 0 bridgehead atoms. The third-order valence-electron chi connectivity index (χ3n) is 3.26. The third kappa shape index (κ3) is 4.16. The number of para-hydroxylation sites is 1. The molecular formula is C17H15BrN2O2S2. The van der Waals surface area contributed by atoms with Crippen LogP contribution in [0.2, 0.25) is 0 Å². The van der Waals surface area contributed by atoms with Crippen molar-refractivity contribution in [1.82, 2.24) is 4.90 Å². The molecule has 0 aliphatic carbocycles. The fraction of sp³-hybridized carbons (Fsp3) is 0.176. The molecule has 3 rings (SSSR count). The topological polar surface area (TPSA) is 41.9 Å². The molecule has 24 heavy (non-hydrogen) atoms. The third-order valence-corrected chi connectivity index (χ3v) is 5.83. The molecule has 0 radical (unpaired) electrons. The smallest absolute Gasteiger partial charge is 0.266 e. The second kappa shape index (κ2) is 8.11. The van der Waals surface area contributed by atoms with Crippen LogP contribution in [0.15, 0.2) is 56.1 Å². The summed E-state index contributed by atoms with van der Waals surface area (Å²) in [6, 6.07) is 13.6. The molecule has 0 saturated carbocycles. The largest absolute Gasteiger partial charge is 0.383 e. The van der Waals surface area contributed by atoms with Gasteiger partial charge in [0, 0.05) is 12.0 Å². The van der Waals surface area contributed by atoms with Crippen LogP contribution in [-0.4, -0.2) is 36.2 Å². The van der Waals surface area contributed by atoms with E-state index in [1.54, 1.807) is 23.3 Å². The zero-order valence-corrected chi connectivity index (χ0v) is 16.2. The number of benzene rings is 1. The Morgan fingerprint density at radius 3 is 2.71 bits per heavy atom. The van der Waals surface area contributed by atoms with Gasteiger partial charge in [0.15, 0.2) is 5.17 Å². The van der Waals surface area contributed by atoms with Crippen molar-refractivity contribution in [1.29, 1.82) is 0 Å². The van der Waals surface area contributed by atoms with Crippen molar-refractivity contribution in [3.8, 4) is 0 Å². The van der Waals surface area contributed by atoms with Crippen LogP contribution in [0.25, 0.3) is 6.08 Å². The predicted molar refractivity (Wildman–Crippen MR) is 105 cm³/mol. The van der Waals surface area contributed by atoms with E-state index in [1.807, 2.05) is 48.5 Å². The number of amides is 1. The van der Waals surface area contributed by atoms with Gasteiger partial charge in [0.05, 0.1) is 27.5 Å². The number of halogens is 1. The maximum atomic E-state index is 12.7. The molecule has 2 heterocycles. The minimum Gasteiger partial charge on any atom is -0.383 e. The van der Waals surface area contributed by atoms with Crippen molar-refractivity contribution < 1.29 is 9.53 Å². The van der Waals surface area contributed by atoms with Gasteiger partial charge in [-0.15, -0.1) is 11.3 Å². The lowest BCUT2D eigenvalue weighted by atomic mass is 10.3. The molecular weight excluding hydrogens is 408 g/mol. The molecule has 2 aromatic rings. The highest BCUT2D eigenvalue weighted by Crippen LogP contribution is 2.35. The standard InChI is InChI=1S/C17H15BrN2O2S2/c1-22-10-9-20-16(21)14(11-13-7-8-15(18)23-13)24-17(20)19-12-5-3-2-4-6-12/h2-8,11H,9-10H2,1H3. The number of amidine groups is 1. The van der Waals surface area contributed by atoms with Crippen molar-refractivity contribution in [3.63, 3.8) is 0 Å². The molecule has 1 aliphatic heterocycles. The summed E-state index contributed by atoms with van der Waals surface area (Å²) in [7, 11) is 1.63. The first-order valence-electron chi connectivity index (χ1n) is 7.27. The Kier molecular flexibility index (Phi) is 5.89. The van der Waals surface area contributed by atoms with E-state index in [0.29, 0.717) is 23.2 Å². The normalized spacial score (nSPS) is 18.1. The maximum absolute atomic E-state index is 12.7. The van der Waals surface area contributed by atoms with Crippen LogP contribution in [0.1, 0.15) is 4.88 Å². The summed E-state index contributed by atoms with van der Waals surface area (Å²) in [5, 5.41) is 0.685. The highest BCUT2D eigenvalue weighted by Gasteiger charge is 2.33. The molecule has 1 saturated heterocycles. The van der Waals surface area contributed by atoms with Crippen LogP contribution in [0.4, 0.5) is 5.69 Å². The second-order valence-electron chi connectivity index (χ2n) is 4.93. The summed E-state index contributed by atoms with van der Waals surface area (Å²) in [6.45, 7) is 0.956. The van der Waals surface area contributed by atoms with E-state index in [4.69, 9.17) is 4.74 Å². The Morgan fingerprint density at radius 2 is 2.04 bits per heavy atom. The molecule has 1 aromatic heterocycles. The van der Waals surface area contributed by atoms with Crippen molar-refractivity contribution in [2.45, 2.75) is 0 Å². The van der Waals surface area contributed by atoms with E-state index >= 15 is 0 Å². The van der Waals surface area contributed by atoms with E-state index in [2.05, 4.69) is 20.9 Å². The molecule has 1 fully saturated rings. The predicted octanol–water partition coefficient (Wildman–Crippen LogP) is 4.76. The van der Waals surface area contributed by atoms with Crippen LogP contribution < -0.4 is 0 Å². The average Bonchev–Trinajstić information content (AvgIpc) is 3.11. The molecule has 1 aliphatic rings. The Balaban J connectivity index is 1.90. The van der Waals surface area contributed by atoms with Gasteiger partial charge < -0.3 is 4.74 Å². The first-order chi connectivity index (χ1) is 11.7. The molecule has 1 amide bonds. The van der Waals surface area contributed by atoms with Crippen molar-refractivity contribution in [2.24, 2.45) is 4.99 Å². The van der Waals surface area contributed by atoms with Crippen molar-refractivity contribution in [2.75, 3.05) is 20.3 Å². The minimum absolute atomic E-state index is 0.0312. The number of carbonyl (C=O) groups is 1. The van der Waals surface area contributed by atoms with Crippen LogP contribution in [0.5, 0.6) is 0 Å². The number of ether oxygens (including phenoxy) is 1. The first-order valence-corrected chi connectivity index (χ1v) is 9.69. The van der Waals surface area contributed by atoms with Crippen LogP contribution in [0, 0.1) is 0 Å². The van der Waals surface area contributed by atoms with E-state index in [9.17, 15) is 4.79 Å². The van der Waals surface area contributed by atoms with Gasteiger partial charge in [-0.1, -0.05) is 18.2 Å². The summed E-state index contributed by atoms with van der Waals surface area (Å²) >= 11 is 6.44. The molecule has 0 spiro atoms. The fourth-order valence-electron chi connectivity index (χ4n) is 2.12. The Bertz CT molecular complexity index is 787. The fourth-order valence-corrected chi connectivity index (χ4v) is 4.58. The van der Waals surface area contributed by atoms with Gasteiger partial charge >= 0.3 is 0 Å². The summed E-state index contributed by atoms with van der Waals surface area (Å²) in [5.74, 6) is -0.0312. The number of thioether (sulfide) groups is 1. The van der Waals surface area contributed by atoms with Crippen molar-refractivity contribution in [3.05, 3.63) is 56.0 Å². The van der Waals surface area contributed by atoms with Crippen LogP contribution in [0.3, 0.4) is 0 Å². The van der Waals surface area contributed by atoms with Gasteiger partial charge in [0.25, 0.3) is 5.91 Å². The van der Waals surface area contributed by atoms with Gasteiger partial charge in [0.2, 0.25) is 0 Å². The summed E-state index contributed by atoms with van der Waals surface area (Å²) in [6.07, 6.45) is 1.91. The summed E-state index contributed by atoms with van der Waals surface area (Å²) in [5.41, 5.74) is 0.829. The number of methoxy groups -OCH3 is 1. The lowest BCUT2D eigenvalue weighted by molar-refractivity contribution is -0.122. The zero-order chi connectivity index (χ0) is 16.9. The quantitative estimate of drug-likeness (QED) is 0.652. The lowest BCUT2D eigenvalue weighted by Crippen LogP contribution is -2.32. The van der Waals surface area contributed by atoms with Gasteiger partial charge in [-0.25, -0.2) is 4.99 Å². The van der Waals surface area contributed by atoms with E-state index in [0.717, 1.165) is 14.4 Å². The number of hydrogen-bond acceptors (Lipinski definition) is 5. The second-order valence-corrected chi connectivity index (χ2v) is 8.44. The molecule has 1 aromatic carbocycles.